The van der Waals surface area contributed by atoms with E-state index in [1.165, 1.54) is 0 Å². The molecule has 0 aliphatic heterocycles. The van der Waals surface area contributed by atoms with Gasteiger partial charge in [0.25, 0.3) is 0 Å². The van der Waals surface area contributed by atoms with Gasteiger partial charge in [-0.15, -0.1) is 0 Å². The van der Waals surface area contributed by atoms with Crippen LogP contribution in [0.4, 0.5) is 0 Å². The van der Waals surface area contributed by atoms with E-state index in [1.807, 2.05) is 42.2 Å². The first-order valence-electron chi connectivity index (χ1n) is 8.14. The summed E-state index contributed by atoms with van der Waals surface area (Å²) in [4.78, 5) is 26.2. The van der Waals surface area contributed by atoms with Gasteiger partial charge >= 0.3 is 5.97 Å². The van der Waals surface area contributed by atoms with Crippen LogP contribution in [0.5, 0.6) is 0 Å². The lowest BCUT2D eigenvalue weighted by molar-refractivity contribution is -0.146. The number of ether oxygens (including phenoxy) is 1. The molecular weight excluding hydrogens is 278 g/mol. The average Bonchev–Trinajstić information content (AvgIpc) is 2.46. The van der Waals surface area contributed by atoms with Gasteiger partial charge in [0, 0.05) is 12.5 Å². The summed E-state index contributed by atoms with van der Waals surface area (Å²) in [7, 11) is 0. The van der Waals surface area contributed by atoms with Gasteiger partial charge in [-0.25, -0.2) is 0 Å². The zero-order valence-corrected chi connectivity index (χ0v) is 13.5. The van der Waals surface area contributed by atoms with Crippen molar-refractivity contribution in [2.24, 2.45) is 5.92 Å². The molecule has 0 saturated heterocycles. The van der Waals surface area contributed by atoms with E-state index in [2.05, 4.69) is 0 Å². The maximum Gasteiger partial charge on any atom is 0.307 e. The quantitative estimate of drug-likeness (QED) is 0.726. The van der Waals surface area contributed by atoms with Gasteiger partial charge in [-0.2, -0.15) is 0 Å². The molecule has 4 nitrogen and oxygen atoms in total. The van der Waals surface area contributed by atoms with Gasteiger partial charge in [-0.3, -0.25) is 9.59 Å². The number of rotatable bonds is 7. The Bertz CT molecular complexity index is 496. The second-order valence-electron chi connectivity index (χ2n) is 5.80. The molecule has 1 amide bonds. The van der Waals surface area contributed by atoms with Gasteiger partial charge in [0.05, 0.1) is 19.1 Å². The Morgan fingerprint density at radius 1 is 1.27 bits per heavy atom. The fraction of sp³-hybridized carbons (Fsp3) is 0.556. The highest BCUT2D eigenvalue weighted by Gasteiger charge is 2.32. The summed E-state index contributed by atoms with van der Waals surface area (Å²) in [6, 6.07) is 9.94. The summed E-state index contributed by atoms with van der Waals surface area (Å²) < 4.78 is 4.98. The number of nitrogens with zero attached hydrogens (tertiary/aromatic N) is 1. The van der Waals surface area contributed by atoms with Crippen LogP contribution < -0.4 is 0 Å². The molecule has 0 spiro atoms. The second-order valence-corrected chi connectivity index (χ2v) is 5.80. The van der Waals surface area contributed by atoms with Crippen LogP contribution in [0.25, 0.3) is 0 Å². The van der Waals surface area contributed by atoms with Crippen LogP contribution >= 0.6 is 0 Å². The topological polar surface area (TPSA) is 46.6 Å². The van der Waals surface area contributed by atoms with Gasteiger partial charge in [0.1, 0.15) is 0 Å². The zero-order chi connectivity index (χ0) is 15.9. The predicted molar refractivity (Wildman–Crippen MR) is 85.2 cm³/mol. The van der Waals surface area contributed by atoms with Gasteiger partial charge in [0.15, 0.2) is 0 Å². The molecule has 0 N–H and O–H groups in total. The van der Waals surface area contributed by atoms with Crippen LogP contribution in [-0.2, 0) is 14.3 Å². The smallest absolute Gasteiger partial charge is 0.307 e. The molecule has 0 bridgehead atoms. The average molecular weight is 303 g/mol. The molecule has 1 aliphatic carbocycles. The van der Waals surface area contributed by atoms with Crippen molar-refractivity contribution in [1.82, 2.24) is 4.90 Å². The third kappa shape index (κ3) is 4.09. The molecule has 120 valence electrons. The Kier molecular flexibility index (Phi) is 5.99. The maximum absolute atomic E-state index is 12.7. The maximum atomic E-state index is 12.7. The first-order chi connectivity index (χ1) is 10.6. The first kappa shape index (κ1) is 16.5. The number of esters is 1. The lowest BCUT2D eigenvalue weighted by atomic mass is 9.84. The Labute approximate surface area is 132 Å². The molecule has 1 saturated carbocycles. The van der Waals surface area contributed by atoms with Gasteiger partial charge in [-0.1, -0.05) is 36.8 Å². The van der Waals surface area contributed by atoms with E-state index in [9.17, 15) is 9.59 Å². The highest BCUT2D eigenvalue weighted by molar-refractivity contribution is 5.80. The highest BCUT2D eigenvalue weighted by atomic mass is 16.5. The summed E-state index contributed by atoms with van der Waals surface area (Å²) in [5.74, 6) is 0.0643. The van der Waals surface area contributed by atoms with Gasteiger partial charge < -0.3 is 9.64 Å². The molecule has 0 aromatic heterocycles. The standard InChI is InChI=1S/C18H25NO3/c1-3-22-17(20)12-13-19(18(21)16-10-7-11-16)14(2)15-8-5-4-6-9-15/h4-6,8-9,14,16H,3,7,10-13H2,1-2H3. The minimum absolute atomic E-state index is 0.0243. The van der Waals surface area contributed by atoms with Crippen LogP contribution in [0.2, 0.25) is 0 Å². The Balaban J connectivity index is 2.06. The molecule has 1 aromatic rings. The lowest BCUT2D eigenvalue weighted by Gasteiger charge is -2.35. The largest absolute Gasteiger partial charge is 0.466 e. The van der Waals surface area contributed by atoms with Crippen molar-refractivity contribution in [3.63, 3.8) is 0 Å². The van der Waals surface area contributed by atoms with Crippen molar-refractivity contribution >= 4 is 11.9 Å². The third-order valence-corrected chi connectivity index (χ3v) is 4.35. The second kappa shape index (κ2) is 7.97. The van der Waals surface area contributed by atoms with Crippen molar-refractivity contribution < 1.29 is 14.3 Å². The molecule has 1 unspecified atom stereocenters. The number of benzene rings is 1. The summed E-state index contributed by atoms with van der Waals surface area (Å²) in [6.07, 6.45) is 3.32. The van der Waals surface area contributed by atoms with E-state index in [0.29, 0.717) is 13.2 Å². The molecule has 1 atom stereocenters. The number of carbonyl (C=O) groups excluding carboxylic acids is 2. The van der Waals surface area contributed by atoms with Gasteiger partial charge in [-0.05, 0) is 32.3 Å². The number of hydrogen-bond acceptors (Lipinski definition) is 3. The fourth-order valence-electron chi connectivity index (χ4n) is 2.74. The van der Waals surface area contributed by atoms with E-state index in [1.54, 1.807) is 6.92 Å². The summed E-state index contributed by atoms with van der Waals surface area (Å²) in [5, 5.41) is 0. The van der Waals surface area contributed by atoms with E-state index < -0.39 is 0 Å². The molecule has 22 heavy (non-hydrogen) atoms. The number of carbonyl (C=O) groups is 2. The summed E-state index contributed by atoms with van der Waals surface area (Å²) in [5.41, 5.74) is 1.10. The Hall–Kier alpha value is -1.84. The van der Waals surface area contributed by atoms with Crippen molar-refractivity contribution in [3.05, 3.63) is 35.9 Å². The Morgan fingerprint density at radius 3 is 2.50 bits per heavy atom. The minimum atomic E-state index is -0.242. The van der Waals surface area contributed by atoms with Crippen molar-refractivity contribution in [3.8, 4) is 0 Å². The van der Waals surface area contributed by atoms with Crippen molar-refractivity contribution in [2.45, 2.75) is 45.6 Å². The van der Waals surface area contributed by atoms with Crippen LogP contribution in [0, 0.1) is 5.92 Å². The molecule has 2 rings (SSSR count). The minimum Gasteiger partial charge on any atom is -0.466 e. The molecule has 1 aromatic carbocycles. The van der Waals surface area contributed by atoms with Crippen molar-refractivity contribution in [2.75, 3.05) is 13.2 Å². The molecule has 1 fully saturated rings. The van der Waals surface area contributed by atoms with Crippen LogP contribution in [-0.4, -0.2) is 29.9 Å². The molecule has 1 aliphatic rings. The highest BCUT2D eigenvalue weighted by Crippen LogP contribution is 2.31. The normalized spacial score (nSPS) is 15.7. The van der Waals surface area contributed by atoms with E-state index in [4.69, 9.17) is 4.74 Å². The van der Waals surface area contributed by atoms with Crippen LogP contribution in [0.15, 0.2) is 30.3 Å². The van der Waals surface area contributed by atoms with Crippen molar-refractivity contribution in [1.29, 1.82) is 0 Å². The number of amides is 1. The zero-order valence-electron chi connectivity index (χ0n) is 13.5. The van der Waals surface area contributed by atoms with E-state index in [-0.39, 0.29) is 30.3 Å². The summed E-state index contributed by atoms with van der Waals surface area (Å²) >= 11 is 0. The SMILES string of the molecule is CCOC(=O)CCN(C(=O)C1CCC1)C(C)c1ccccc1. The first-order valence-corrected chi connectivity index (χ1v) is 8.14. The van der Waals surface area contributed by atoms with Gasteiger partial charge in [0.2, 0.25) is 5.91 Å². The van der Waals surface area contributed by atoms with Crippen LogP contribution in [0.3, 0.4) is 0 Å². The number of hydrogen-bond donors (Lipinski definition) is 0. The molecule has 4 heteroatoms. The van der Waals surface area contributed by atoms with E-state index in [0.717, 1.165) is 24.8 Å². The molecule has 0 heterocycles. The van der Waals surface area contributed by atoms with E-state index >= 15 is 0 Å². The predicted octanol–water partition coefficient (Wildman–Crippen LogP) is 3.33. The third-order valence-electron chi connectivity index (χ3n) is 4.35. The molecular formula is C18H25NO3. The summed E-state index contributed by atoms with van der Waals surface area (Å²) in [6.45, 7) is 4.62. The monoisotopic (exact) mass is 303 g/mol. The van der Waals surface area contributed by atoms with Crippen LogP contribution in [0.1, 0.15) is 51.1 Å². The lowest BCUT2D eigenvalue weighted by Crippen LogP contribution is -2.41. The Morgan fingerprint density at radius 2 is 1.95 bits per heavy atom. The fourth-order valence-corrected chi connectivity index (χ4v) is 2.74. The molecule has 0 radical (unpaired) electrons.